The molecule has 0 fully saturated rings. The second-order valence-corrected chi connectivity index (χ2v) is 4.77. The van der Waals surface area contributed by atoms with Crippen LogP contribution >= 0.6 is 0 Å². The number of ether oxygens (including phenoxy) is 1. The van der Waals surface area contributed by atoms with Gasteiger partial charge < -0.3 is 14.5 Å². The first-order chi connectivity index (χ1) is 9.54. The summed E-state index contributed by atoms with van der Waals surface area (Å²) < 4.78 is 37.1. The predicted molar refractivity (Wildman–Crippen MR) is 71.4 cm³/mol. The van der Waals surface area contributed by atoms with E-state index in [1.807, 2.05) is 19.9 Å². The molecule has 0 radical (unpaired) electrons. The van der Waals surface area contributed by atoms with Gasteiger partial charge in [0.05, 0.1) is 6.54 Å². The summed E-state index contributed by atoms with van der Waals surface area (Å²) in [6, 6.07) is 7.04. The Morgan fingerprint density at radius 2 is 1.90 bits per heavy atom. The van der Waals surface area contributed by atoms with E-state index >= 15 is 0 Å². The van der Waals surface area contributed by atoms with Crippen LogP contribution < -0.4 is 10.1 Å². The third kappa shape index (κ3) is 4.06. The Balaban J connectivity index is 1.92. The molecular weight excluding hydrogens is 264 g/mol. The predicted octanol–water partition coefficient (Wildman–Crippen LogP) is 3.63. The summed E-state index contributed by atoms with van der Waals surface area (Å²) in [5.74, 6) is 0.0804. The Morgan fingerprint density at radius 3 is 2.65 bits per heavy atom. The molecule has 0 bridgehead atoms. The van der Waals surface area contributed by atoms with Crippen molar-refractivity contribution in [1.82, 2.24) is 5.32 Å². The van der Waals surface area contributed by atoms with Crippen molar-refractivity contribution < 1.29 is 17.9 Å². The standard InChI is InChI=1S/C15H17F2NO2/c1-10(2)18-8-12-4-5-13(20-12)9-19-15-7-11(16)3-6-14(15)17/h3-7,10,18H,8-9H2,1-2H3. The Bertz CT molecular complexity index is 567. The highest BCUT2D eigenvalue weighted by Gasteiger charge is 2.08. The molecule has 0 atom stereocenters. The molecule has 0 spiro atoms. The van der Waals surface area contributed by atoms with E-state index in [0.717, 1.165) is 24.0 Å². The Hall–Kier alpha value is -1.88. The summed E-state index contributed by atoms with van der Waals surface area (Å²) in [6.45, 7) is 4.76. The maximum absolute atomic E-state index is 13.4. The molecule has 0 amide bonds. The van der Waals surface area contributed by atoms with Crippen molar-refractivity contribution in [2.75, 3.05) is 0 Å². The van der Waals surface area contributed by atoms with Gasteiger partial charge in [-0.2, -0.15) is 0 Å². The highest BCUT2D eigenvalue weighted by molar-refractivity contribution is 5.25. The van der Waals surface area contributed by atoms with Crippen LogP contribution in [0.4, 0.5) is 8.78 Å². The number of rotatable bonds is 6. The van der Waals surface area contributed by atoms with Gasteiger partial charge in [0, 0.05) is 12.1 Å². The van der Waals surface area contributed by atoms with Gasteiger partial charge in [0.2, 0.25) is 0 Å². The first-order valence-electron chi connectivity index (χ1n) is 6.43. The summed E-state index contributed by atoms with van der Waals surface area (Å²) in [5, 5.41) is 3.22. The van der Waals surface area contributed by atoms with Gasteiger partial charge in [-0.05, 0) is 24.3 Å². The van der Waals surface area contributed by atoms with Gasteiger partial charge in [-0.3, -0.25) is 0 Å². The van der Waals surface area contributed by atoms with Gasteiger partial charge in [0.25, 0.3) is 0 Å². The highest BCUT2D eigenvalue weighted by Crippen LogP contribution is 2.20. The first-order valence-corrected chi connectivity index (χ1v) is 6.43. The molecule has 108 valence electrons. The number of nitrogens with one attached hydrogen (secondary N) is 1. The topological polar surface area (TPSA) is 34.4 Å². The van der Waals surface area contributed by atoms with E-state index in [9.17, 15) is 8.78 Å². The molecule has 1 heterocycles. The van der Waals surface area contributed by atoms with Crippen molar-refractivity contribution in [3.05, 3.63) is 53.5 Å². The summed E-state index contributed by atoms with van der Waals surface area (Å²) in [4.78, 5) is 0. The van der Waals surface area contributed by atoms with Crippen molar-refractivity contribution in [2.45, 2.75) is 33.0 Å². The van der Waals surface area contributed by atoms with Crippen LogP contribution in [-0.2, 0) is 13.2 Å². The zero-order valence-electron chi connectivity index (χ0n) is 11.5. The summed E-state index contributed by atoms with van der Waals surface area (Å²) in [7, 11) is 0. The van der Waals surface area contributed by atoms with Crippen molar-refractivity contribution in [1.29, 1.82) is 0 Å². The van der Waals surface area contributed by atoms with E-state index < -0.39 is 11.6 Å². The lowest BCUT2D eigenvalue weighted by atomic mass is 10.3. The molecule has 0 saturated carbocycles. The lowest BCUT2D eigenvalue weighted by Gasteiger charge is -2.06. The molecule has 1 aromatic carbocycles. The maximum atomic E-state index is 13.4. The Morgan fingerprint density at radius 1 is 1.15 bits per heavy atom. The fourth-order valence-electron chi connectivity index (χ4n) is 1.64. The lowest BCUT2D eigenvalue weighted by Crippen LogP contribution is -2.21. The molecule has 0 unspecified atom stereocenters. The molecule has 3 nitrogen and oxygen atoms in total. The van der Waals surface area contributed by atoms with Gasteiger partial charge in [-0.25, -0.2) is 8.78 Å². The minimum Gasteiger partial charge on any atom is -0.482 e. The van der Waals surface area contributed by atoms with Gasteiger partial charge in [0.15, 0.2) is 11.6 Å². The maximum Gasteiger partial charge on any atom is 0.165 e. The molecule has 2 rings (SSSR count). The number of benzene rings is 1. The Labute approximate surface area is 116 Å². The zero-order chi connectivity index (χ0) is 14.5. The van der Waals surface area contributed by atoms with Gasteiger partial charge in [-0.15, -0.1) is 0 Å². The summed E-state index contributed by atoms with van der Waals surface area (Å²) in [6.07, 6.45) is 0. The number of hydrogen-bond donors (Lipinski definition) is 1. The van der Waals surface area contributed by atoms with Gasteiger partial charge >= 0.3 is 0 Å². The van der Waals surface area contributed by atoms with Crippen LogP contribution in [-0.4, -0.2) is 6.04 Å². The van der Waals surface area contributed by atoms with E-state index in [0.29, 0.717) is 18.3 Å². The third-order valence-corrected chi connectivity index (χ3v) is 2.67. The van der Waals surface area contributed by atoms with E-state index in [-0.39, 0.29) is 12.4 Å². The lowest BCUT2D eigenvalue weighted by molar-refractivity contribution is 0.252. The van der Waals surface area contributed by atoms with Crippen LogP contribution in [0.15, 0.2) is 34.7 Å². The highest BCUT2D eigenvalue weighted by atomic mass is 19.1. The average Bonchev–Trinajstić information content (AvgIpc) is 2.85. The van der Waals surface area contributed by atoms with Crippen LogP contribution in [0.2, 0.25) is 0 Å². The van der Waals surface area contributed by atoms with Crippen LogP contribution in [0.3, 0.4) is 0 Å². The summed E-state index contributed by atoms with van der Waals surface area (Å²) >= 11 is 0. The number of furan rings is 1. The van der Waals surface area contributed by atoms with Crippen LogP contribution in [0.25, 0.3) is 0 Å². The molecule has 1 aromatic heterocycles. The average molecular weight is 281 g/mol. The minimum atomic E-state index is -0.598. The molecule has 1 N–H and O–H groups in total. The molecule has 0 aliphatic rings. The third-order valence-electron chi connectivity index (χ3n) is 2.67. The van der Waals surface area contributed by atoms with E-state index in [1.54, 1.807) is 6.07 Å². The van der Waals surface area contributed by atoms with Crippen molar-refractivity contribution in [3.63, 3.8) is 0 Å². The van der Waals surface area contributed by atoms with E-state index in [2.05, 4.69) is 5.32 Å². The summed E-state index contributed by atoms with van der Waals surface area (Å²) in [5.41, 5.74) is 0. The van der Waals surface area contributed by atoms with Crippen molar-refractivity contribution >= 4 is 0 Å². The zero-order valence-corrected chi connectivity index (χ0v) is 11.5. The molecular formula is C15H17F2NO2. The van der Waals surface area contributed by atoms with E-state index in [1.165, 1.54) is 0 Å². The Kier molecular flexibility index (Phi) is 4.74. The number of halogens is 2. The fourth-order valence-corrected chi connectivity index (χ4v) is 1.64. The second-order valence-electron chi connectivity index (χ2n) is 4.77. The van der Waals surface area contributed by atoms with Gasteiger partial charge in [-0.1, -0.05) is 13.8 Å². The van der Waals surface area contributed by atoms with Gasteiger partial charge in [0.1, 0.15) is 23.9 Å². The molecule has 2 aromatic rings. The van der Waals surface area contributed by atoms with E-state index in [4.69, 9.17) is 9.15 Å². The largest absolute Gasteiger partial charge is 0.482 e. The molecule has 0 saturated heterocycles. The fraction of sp³-hybridized carbons (Fsp3) is 0.333. The smallest absolute Gasteiger partial charge is 0.165 e. The molecule has 0 aliphatic carbocycles. The normalized spacial score (nSPS) is 11.1. The number of hydrogen-bond acceptors (Lipinski definition) is 3. The van der Waals surface area contributed by atoms with Crippen LogP contribution in [0, 0.1) is 11.6 Å². The van der Waals surface area contributed by atoms with Crippen LogP contribution in [0.1, 0.15) is 25.4 Å². The monoisotopic (exact) mass is 281 g/mol. The minimum absolute atomic E-state index is 0.0576. The first kappa shape index (κ1) is 14.5. The molecule has 5 heteroatoms. The molecule has 20 heavy (non-hydrogen) atoms. The molecule has 0 aliphatic heterocycles. The quantitative estimate of drug-likeness (QED) is 0.878. The SMILES string of the molecule is CC(C)NCc1ccc(COc2cc(F)ccc2F)o1. The van der Waals surface area contributed by atoms with Crippen molar-refractivity contribution in [3.8, 4) is 5.75 Å². The van der Waals surface area contributed by atoms with Crippen molar-refractivity contribution in [2.24, 2.45) is 0 Å². The second kappa shape index (κ2) is 6.52. The van der Waals surface area contributed by atoms with Crippen LogP contribution in [0.5, 0.6) is 5.75 Å².